The molecule has 0 aliphatic carbocycles. The summed E-state index contributed by atoms with van der Waals surface area (Å²) in [4.78, 5) is 6.51. The molecule has 3 rings (SSSR count). The molecule has 0 unspecified atom stereocenters. The van der Waals surface area contributed by atoms with Gasteiger partial charge in [0.15, 0.2) is 0 Å². The van der Waals surface area contributed by atoms with E-state index < -0.39 is 0 Å². The van der Waals surface area contributed by atoms with E-state index in [9.17, 15) is 0 Å². The molecule has 0 saturated heterocycles. The van der Waals surface area contributed by atoms with Gasteiger partial charge < -0.3 is 4.90 Å². The molecule has 1 N–H and O–H groups in total. The summed E-state index contributed by atoms with van der Waals surface area (Å²) in [5.41, 5.74) is 5.47. The number of nitrogens with zero attached hydrogens (tertiary/aromatic N) is 3. The van der Waals surface area contributed by atoms with Gasteiger partial charge in [-0.1, -0.05) is 23.7 Å². The lowest BCUT2D eigenvalue weighted by Crippen LogP contribution is -2.27. The molecule has 0 atom stereocenters. The molecular formula is C21H25ClN4. The van der Waals surface area contributed by atoms with Crippen LogP contribution in [0.2, 0.25) is 5.02 Å². The third-order valence-electron chi connectivity index (χ3n) is 4.75. The van der Waals surface area contributed by atoms with Crippen molar-refractivity contribution < 1.29 is 0 Å². The molecule has 2 aromatic heterocycles. The van der Waals surface area contributed by atoms with Crippen molar-refractivity contribution in [2.45, 2.75) is 32.7 Å². The van der Waals surface area contributed by atoms with Crippen LogP contribution in [0.5, 0.6) is 0 Å². The monoisotopic (exact) mass is 368 g/mol. The van der Waals surface area contributed by atoms with Gasteiger partial charge in [-0.2, -0.15) is 5.10 Å². The Balaban J connectivity index is 1.91. The van der Waals surface area contributed by atoms with Crippen LogP contribution in [0, 0.1) is 0 Å². The molecule has 4 nitrogen and oxygen atoms in total. The minimum Gasteiger partial charge on any atom is -0.304 e. The average Bonchev–Trinajstić information content (AvgIpc) is 3.06. The van der Waals surface area contributed by atoms with Gasteiger partial charge in [0.05, 0.1) is 0 Å². The first kappa shape index (κ1) is 18.6. The van der Waals surface area contributed by atoms with Crippen molar-refractivity contribution in [1.82, 2.24) is 20.1 Å². The molecule has 136 valence electrons. The van der Waals surface area contributed by atoms with Gasteiger partial charge in [0.2, 0.25) is 0 Å². The molecular weight excluding hydrogens is 344 g/mol. The molecule has 5 heteroatoms. The molecule has 0 radical (unpaired) electrons. The largest absolute Gasteiger partial charge is 0.304 e. The minimum atomic E-state index is 0.557. The molecule has 0 spiro atoms. The highest BCUT2D eigenvalue weighted by Crippen LogP contribution is 2.34. The van der Waals surface area contributed by atoms with E-state index in [4.69, 9.17) is 11.6 Å². The van der Waals surface area contributed by atoms with E-state index in [2.05, 4.69) is 41.0 Å². The highest BCUT2D eigenvalue weighted by molar-refractivity contribution is 6.30. The first-order valence-corrected chi connectivity index (χ1v) is 9.38. The van der Waals surface area contributed by atoms with Crippen LogP contribution in [0.15, 0.2) is 48.8 Å². The third kappa shape index (κ3) is 4.32. The van der Waals surface area contributed by atoms with E-state index in [1.54, 1.807) is 0 Å². The van der Waals surface area contributed by atoms with Crippen LogP contribution in [-0.4, -0.2) is 39.7 Å². The Morgan fingerprint density at radius 1 is 1.04 bits per heavy atom. The number of benzene rings is 1. The lowest BCUT2D eigenvalue weighted by molar-refractivity contribution is 0.270. The van der Waals surface area contributed by atoms with Gasteiger partial charge in [-0.15, -0.1) is 0 Å². The van der Waals surface area contributed by atoms with Crippen molar-refractivity contribution >= 4 is 11.6 Å². The van der Waals surface area contributed by atoms with Crippen molar-refractivity contribution in [2.24, 2.45) is 0 Å². The number of pyridine rings is 1. The predicted octanol–water partition coefficient (Wildman–Crippen LogP) is 5.06. The van der Waals surface area contributed by atoms with Crippen molar-refractivity contribution in [3.63, 3.8) is 0 Å². The fourth-order valence-electron chi connectivity index (χ4n) is 2.97. The first-order chi connectivity index (χ1) is 12.6. The summed E-state index contributed by atoms with van der Waals surface area (Å²) >= 11 is 6.04. The smallest absolute Gasteiger partial charge is 0.100 e. The normalized spacial score (nSPS) is 11.5. The molecule has 0 fully saturated rings. The second kappa shape index (κ2) is 8.47. The summed E-state index contributed by atoms with van der Waals surface area (Å²) in [6.45, 7) is 5.50. The number of nitrogens with one attached hydrogen (secondary N) is 1. The van der Waals surface area contributed by atoms with Crippen LogP contribution in [0.1, 0.15) is 26.0 Å². The van der Waals surface area contributed by atoms with Gasteiger partial charge in [0.1, 0.15) is 5.69 Å². The second-order valence-electron chi connectivity index (χ2n) is 6.85. The number of aromatic nitrogens is 3. The van der Waals surface area contributed by atoms with Crippen molar-refractivity contribution in [3.05, 3.63) is 59.5 Å². The Morgan fingerprint density at radius 2 is 1.73 bits per heavy atom. The average molecular weight is 369 g/mol. The maximum Gasteiger partial charge on any atom is 0.100 e. The molecule has 0 saturated carbocycles. The summed E-state index contributed by atoms with van der Waals surface area (Å²) in [6.07, 6.45) is 5.68. The molecule has 0 aliphatic heterocycles. The highest BCUT2D eigenvalue weighted by atomic mass is 35.5. The zero-order chi connectivity index (χ0) is 18.5. The van der Waals surface area contributed by atoms with E-state index >= 15 is 0 Å². The number of H-pyrrole nitrogens is 1. The number of rotatable bonds is 7. The lowest BCUT2D eigenvalue weighted by atomic mass is 9.98. The molecule has 1 aromatic carbocycles. The van der Waals surface area contributed by atoms with Crippen LogP contribution >= 0.6 is 11.6 Å². The van der Waals surface area contributed by atoms with Gasteiger partial charge >= 0.3 is 0 Å². The van der Waals surface area contributed by atoms with Crippen molar-refractivity contribution in [2.75, 3.05) is 13.6 Å². The Kier molecular flexibility index (Phi) is 6.07. The van der Waals surface area contributed by atoms with E-state index in [0.29, 0.717) is 6.04 Å². The second-order valence-corrected chi connectivity index (χ2v) is 7.28. The predicted molar refractivity (Wildman–Crippen MR) is 108 cm³/mol. The Labute approximate surface area is 160 Å². The molecule has 0 bridgehead atoms. The Bertz CT molecular complexity index is 825. The van der Waals surface area contributed by atoms with Gasteiger partial charge in [0.25, 0.3) is 0 Å². The van der Waals surface area contributed by atoms with Crippen LogP contribution in [0.25, 0.3) is 22.4 Å². The van der Waals surface area contributed by atoms with Crippen LogP contribution in [-0.2, 0) is 6.42 Å². The van der Waals surface area contributed by atoms with Gasteiger partial charge in [-0.05, 0) is 70.1 Å². The lowest BCUT2D eigenvalue weighted by Gasteiger charge is -2.20. The quantitative estimate of drug-likeness (QED) is 0.633. The molecule has 26 heavy (non-hydrogen) atoms. The van der Waals surface area contributed by atoms with E-state index in [1.165, 1.54) is 5.69 Å². The van der Waals surface area contributed by atoms with Gasteiger partial charge in [-0.25, -0.2) is 0 Å². The Morgan fingerprint density at radius 3 is 2.38 bits per heavy atom. The first-order valence-electron chi connectivity index (χ1n) is 9.00. The number of hydrogen-bond donors (Lipinski definition) is 1. The topological polar surface area (TPSA) is 44.8 Å². The number of aromatic amines is 1. The maximum atomic E-state index is 6.04. The third-order valence-corrected chi connectivity index (χ3v) is 5.00. The summed E-state index contributed by atoms with van der Waals surface area (Å²) in [7, 11) is 2.17. The van der Waals surface area contributed by atoms with Gasteiger partial charge in [-0.3, -0.25) is 10.1 Å². The maximum absolute atomic E-state index is 6.04. The minimum absolute atomic E-state index is 0.557. The highest BCUT2D eigenvalue weighted by Gasteiger charge is 2.17. The van der Waals surface area contributed by atoms with Crippen molar-refractivity contribution in [1.29, 1.82) is 0 Å². The van der Waals surface area contributed by atoms with Crippen molar-refractivity contribution in [3.8, 4) is 22.4 Å². The number of hydrogen-bond acceptors (Lipinski definition) is 3. The number of aryl methyl sites for hydroxylation is 1. The molecule has 3 aromatic rings. The number of halogens is 1. The van der Waals surface area contributed by atoms with Gasteiger partial charge in [0, 0.05) is 40.3 Å². The molecule has 0 aliphatic rings. The SMILES string of the molecule is CC(C)N(C)CCCc1[nH]nc(-c2ccc(Cl)cc2)c1-c1ccncc1. The zero-order valence-corrected chi connectivity index (χ0v) is 16.3. The Hall–Kier alpha value is -2.17. The zero-order valence-electron chi connectivity index (χ0n) is 15.5. The van der Waals surface area contributed by atoms with Crippen LogP contribution in [0.4, 0.5) is 0 Å². The van der Waals surface area contributed by atoms with E-state index in [0.717, 1.165) is 46.8 Å². The van der Waals surface area contributed by atoms with E-state index in [1.807, 2.05) is 48.8 Å². The summed E-state index contributed by atoms with van der Waals surface area (Å²) in [5, 5.41) is 8.62. The molecule has 0 amide bonds. The summed E-state index contributed by atoms with van der Waals surface area (Å²) in [5.74, 6) is 0. The summed E-state index contributed by atoms with van der Waals surface area (Å²) in [6, 6.07) is 12.5. The van der Waals surface area contributed by atoms with Crippen LogP contribution in [0.3, 0.4) is 0 Å². The fraction of sp³-hybridized carbons (Fsp3) is 0.333. The van der Waals surface area contributed by atoms with Crippen LogP contribution < -0.4 is 0 Å². The summed E-state index contributed by atoms with van der Waals surface area (Å²) < 4.78 is 0. The van der Waals surface area contributed by atoms with E-state index in [-0.39, 0.29) is 0 Å². The fourth-order valence-corrected chi connectivity index (χ4v) is 3.09. The standard InChI is InChI=1S/C21H25ClN4/c1-15(2)26(3)14-4-5-19-20(16-10-12-23-13-11-16)21(25-24-19)17-6-8-18(22)9-7-17/h6-13,15H,4-5,14H2,1-3H3,(H,24,25). The molecule has 2 heterocycles.